The summed E-state index contributed by atoms with van der Waals surface area (Å²) in [4.78, 5) is 23.8. The number of carbonyl (C=O) groups excluding carboxylic acids is 2. The molecule has 2 rings (SSSR count). The van der Waals surface area contributed by atoms with Crippen molar-refractivity contribution in [3.8, 4) is 5.75 Å². The Bertz CT molecular complexity index is 730. The van der Waals surface area contributed by atoms with Crippen LogP contribution in [0.4, 0.5) is 10.5 Å². The lowest BCUT2D eigenvalue weighted by atomic mass is 10.1. The van der Waals surface area contributed by atoms with E-state index in [0.717, 1.165) is 16.9 Å². The van der Waals surface area contributed by atoms with E-state index in [0.29, 0.717) is 25.4 Å². The van der Waals surface area contributed by atoms with E-state index >= 15 is 0 Å². The van der Waals surface area contributed by atoms with Gasteiger partial charge in [0.25, 0.3) is 0 Å². The van der Waals surface area contributed by atoms with Gasteiger partial charge in [-0.15, -0.1) is 0 Å². The van der Waals surface area contributed by atoms with Gasteiger partial charge in [0.15, 0.2) is 0 Å². The molecule has 3 amide bonds. The first-order valence-electron chi connectivity index (χ1n) is 8.63. The van der Waals surface area contributed by atoms with E-state index in [9.17, 15) is 9.59 Å². The molecule has 0 saturated carbocycles. The Morgan fingerprint density at radius 1 is 0.889 bits per heavy atom. The summed E-state index contributed by atoms with van der Waals surface area (Å²) in [7, 11) is 3.20. The first kappa shape index (κ1) is 20.3. The van der Waals surface area contributed by atoms with E-state index in [1.54, 1.807) is 26.4 Å². The summed E-state index contributed by atoms with van der Waals surface area (Å²) in [5, 5.41) is 8.33. The van der Waals surface area contributed by atoms with Gasteiger partial charge in [0.05, 0.1) is 20.1 Å². The number of carbonyl (C=O) groups is 2. The molecule has 0 aromatic heterocycles. The maximum absolute atomic E-state index is 12.0. The van der Waals surface area contributed by atoms with Crippen LogP contribution in [0, 0.1) is 0 Å². The molecule has 0 unspecified atom stereocenters. The molecule has 7 nitrogen and oxygen atoms in total. The van der Waals surface area contributed by atoms with E-state index in [4.69, 9.17) is 9.47 Å². The number of rotatable bonds is 9. The van der Waals surface area contributed by atoms with Crippen LogP contribution in [0.1, 0.15) is 11.1 Å². The molecule has 2 aromatic carbocycles. The molecule has 2 aromatic rings. The predicted octanol–water partition coefficient (Wildman–Crippen LogP) is 2.32. The molecule has 0 spiro atoms. The van der Waals surface area contributed by atoms with E-state index in [-0.39, 0.29) is 18.4 Å². The minimum atomic E-state index is -0.295. The smallest absolute Gasteiger partial charge is 0.319 e. The molecule has 0 saturated heterocycles. The Morgan fingerprint density at radius 3 is 2.19 bits per heavy atom. The highest BCUT2D eigenvalue weighted by molar-refractivity contribution is 5.89. The first-order chi connectivity index (χ1) is 13.1. The molecule has 0 aliphatic heterocycles. The van der Waals surface area contributed by atoms with Crippen molar-refractivity contribution in [1.29, 1.82) is 0 Å². The van der Waals surface area contributed by atoms with Gasteiger partial charge in [-0.25, -0.2) is 4.79 Å². The number of anilines is 1. The van der Waals surface area contributed by atoms with Gasteiger partial charge in [-0.2, -0.15) is 0 Å². The number of amides is 3. The molecule has 0 heterocycles. The second kappa shape index (κ2) is 10.8. The number of benzene rings is 2. The highest BCUT2D eigenvalue weighted by atomic mass is 16.5. The predicted molar refractivity (Wildman–Crippen MR) is 104 cm³/mol. The molecule has 0 atom stereocenters. The van der Waals surface area contributed by atoms with Crippen molar-refractivity contribution in [1.82, 2.24) is 10.6 Å². The normalized spacial score (nSPS) is 10.1. The van der Waals surface area contributed by atoms with Crippen LogP contribution in [-0.2, 0) is 22.5 Å². The maximum atomic E-state index is 12.0. The molecule has 144 valence electrons. The van der Waals surface area contributed by atoms with Gasteiger partial charge in [-0.3, -0.25) is 4.79 Å². The van der Waals surface area contributed by atoms with Crippen molar-refractivity contribution in [2.45, 2.75) is 13.0 Å². The maximum Gasteiger partial charge on any atom is 0.319 e. The fraction of sp³-hybridized carbons (Fsp3) is 0.300. The van der Waals surface area contributed by atoms with Crippen molar-refractivity contribution in [2.24, 2.45) is 0 Å². The average Bonchev–Trinajstić information content (AvgIpc) is 2.68. The van der Waals surface area contributed by atoms with Crippen LogP contribution in [0.2, 0.25) is 0 Å². The zero-order valence-corrected chi connectivity index (χ0v) is 15.6. The quantitative estimate of drug-likeness (QED) is 0.590. The monoisotopic (exact) mass is 371 g/mol. The van der Waals surface area contributed by atoms with Gasteiger partial charge in [0.1, 0.15) is 5.75 Å². The summed E-state index contributed by atoms with van der Waals surface area (Å²) in [6.07, 6.45) is 0.285. The molecular formula is C20H25N3O4. The Kier molecular flexibility index (Phi) is 8.12. The van der Waals surface area contributed by atoms with Gasteiger partial charge >= 0.3 is 6.03 Å². The SMILES string of the molecule is COCCNC(=O)Cc1ccc(NC(=O)NCc2ccc(OC)cc2)cc1. The summed E-state index contributed by atoms with van der Waals surface area (Å²) in [6.45, 7) is 1.39. The first-order valence-corrected chi connectivity index (χ1v) is 8.63. The molecule has 0 fully saturated rings. The third-order valence-corrected chi connectivity index (χ3v) is 3.82. The van der Waals surface area contributed by atoms with Crippen LogP contribution in [0.3, 0.4) is 0 Å². The fourth-order valence-electron chi connectivity index (χ4n) is 2.35. The van der Waals surface area contributed by atoms with Crippen molar-refractivity contribution < 1.29 is 19.1 Å². The topological polar surface area (TPSA) is 88.7 Å². The Balaban J connectivity index is 1.76. The van der Waals surface area contributed by atoms with Crippen LogP contribution in [0.15, 0.2) is 48.5 Å². The fourth-order valence-corrected chi connectivity index (χ4v) is 2.35. The molecule has 3 N–H and O–H groups in total. The van der Waals surface area contributed by atoms with Crippen LogP contribution < -0.4 is 20.7 Å². The molecule has 27 heavy (non-hydrogen) atoms. The number of hydrogen-bond donors (Lipinski definition) is 3. The molecule has 7 heteroatoms. The van der Waals surface area contributed by atoms with Crippen molar-refractivity contribution in [2.75, 3.05) is 32.7 Å². The van der Waals surface area contributed by atoms with Gasteiger partial charge in [0, 0.05) is 25.9 Å². The molecule has 0 aliphatic carbocycles. The highest BCUT2D eigenvalue weighted by Gasteiger charge is 2.05. The third kappa shape index (κ3) is 7.37. The number of hydrogen-bond acceptors (Lipinski definition) is 4. The standard InChI is InChI=1S/C20H25N3O4/c1-26-12-11-21-19(24)13-15-3-7-17(8-4-15)23-20(25)22-14-16-5-9-18(27-2)10-6-16/h3-10H,11-14H2,1-2H3,(H,21,24)(H2,22,23,25). The number of urea groups is 1. The van der Waals surface area contributed by atoms with Crippen molar-refractivity contribution in [3.63, 3.8) is 0 Å². The van der Waals surface area contributed by atoms with E-state index in [2.05, 4.69) is 16.0 Å². The second-order valence-electron chi connectivity index (χ2n) is 5.87. The number of ether oxygens (including phenoxy) is 2. The van der Waals surface area contributed by atoms with Gasteiger partial charge in [-0.05, 0) is 35.4 Å². The lowest BCUT2D eigenvalue weighted by Gasteiger charge is -2.09. The largest absolute Gasteiger partial charge is 0.497 e. The Labute approximate surface area is 159 Å². The van der Waals surface area contributed by atoms with Crippen LogP contribution >= 0.6 is 0 Å². The van der Waals surface area contributed by atoms with E-state index < -0.39 is 0 Å². The van der Waals surface area contributed by atoms with Gasteiger partial charge in [-0.1, -0.05) is 24.3 Å². The lowest BCUT2D eigenvalue weighted by Crippen LogP contribution is -2.28. The summed E-state index contributed by atoms with van der Waals surface area (Å²) in [5.74, 6) is 0.709. The van der Waals surface area contributed by atoms with Gasteiger partial charge in [0.2, 0.25) is 5.91 Å². The molecule has 0 radical (unpaired) electrons. The second-order valence-corrected chi connectivity index (χ2v) is 5.87. The lowest BCUT2D eigenvalue weighted by molar-refractivity contribution is -0.120. The van der Waals surface area contributed by atoms with Gasteiger partial charge < -0.3 is 25.4 Å². The Morgan fingerprint density at radius 2 is 1.56 bits per heavy atom. The van der Waals surface area contributed by atoms with Crippen LogP contribution in [0.5, 0.6) is 5.75 Å². The summed E-state index contributed by atoms with van der Waals surface area (Å²) < 4.78 is 9.99. The minimum absolute atomic E-state index is 0.0648. The van der Waals surface area contributed by atoms with E-state index in [1.165, 1.54) is 0 Å². The van der Waals surface area contributed by atoms with Crippen LogP contribution in [0.25, 0.3) is 0 Å². The number of methoxy groups -OCH3 is 2. The molecular weight excluding hydrogens is 346 g/mol. The minimum Gasteiger partial charge on any atom is -0.497 e. The van der Waals surface area contributed by atoms with E-state index in [1.807, 2.05) is 36.4 Å². The highest BCUT2D eigenvalue weighted by Crippen LogP contribution is 2.12. The zero-order valence-electron chi connectivity index (χ0n) is 15.6. The summed E-state index contributed by atoms with van der Waals surface area (Å²) >= 11 is 0. The number of nitrogens with one attached hydrogen (secondary N) is 3. The summed E-state index contributed by atoms with van der Waals surface area (Å²) in [5.41, 5.74) is 2.50. The van der Waals surface area contributed by atoms with Crippen molar-refractivity contribution >= 4 is 17.6 Å². The third-order valence-electron chi connectivity index (χ3n) is 3.82. The molecule has 0 aliphatic rings. The average molecular weight is 371 g/mol. The van der Waals surface area contributed by atoms with Crippen molar-refractivity contribution in [3.05, 3.63) is 59.7 Å². The summed E-state index contributed by atoms with van der Waals surface area (Å²) in [6, 6.07) is 14.4. The Hall–Kier alpha value is -3.06. The molecule has 0 bridgehead atoms. The zero-order chi connectivity index (χ0) is 19.5. The van der Waals surface area contributed by atoms with Crippen LogP contribution in [-0.4, -0.2) is 39.3 Å².